The smallest absolute Gasteiger partial charge is 0.0631 e. The van der Waals surface area contributed by atoms with Crippen molar-refractivity contribution in [1.29, 1.82) is 0 Å². The lowest BCUT2D eigenvalue weighted by molar-refractivity contribution is 1.75. The monoisotopic (exact) mass is 210 g/mol. The molecule has 0 heterocycles. The third kappa shape index (κ3) is 4.08. The molecule has 2 aromatic carbocycles. The first-order valence-corrected chi connectivity index (χ1v) is 5.32. The van der Waals surface area contributed by atoms with Crippen LogP contribution in [0.4, 0.5) is 0 Å². The highest BCUT2D eigenvalue weighted by Gasteiger charge is 1.94. The van der Waals surface area contributed by atoms with E-state index in [1.165, 1.54) is 10.4 Å². The number of benzene rings is 2. The molecule has 0 amide bonds. The highest BCUT2D eigenvalue weighted by atomic mass is 28.2. The quantitative estimate of drug-likeness (QED) is 0.643. The van der Waals surface area contributed by atoms with Crippen LogP contribution in [0.5, 0.6) is 0 Å². The van der Waals surface area contributed by atoms with Crippen LogP contribution in [0.2, 0.25) is 0 Å². The fourth-order valence-corrected chi connectivity index (χ4v) is 2.26. The second-order valence-electron chi connectivity index (χ2n) is 2.86. The van der Waals surface area contributed by atoms with Gasteiger partial charge in [-0.05, 0) is 0 Å². The van der Waals surface area contributed by atoms with Gasteiger partial charge in [-0.15, -0.1) is 0 Å². The van der Waals surface area contributed by atoms with Gasteiger partial charge in [0.05, 0.1) is 0 Å². The second-order valence-corrected chi connectivity index (χ2v) is 4.26. The summed E-state index contributed by atoms with van der Waals surface area (Å²) in [6.45, 7) is 0. The molecule has 2 nitrogen and oxygen atoms in total. The molecule has 0 saturated carbocycles. The molecule has 0 aliphatic carbocycles. The molecule has 0 spiro atoms. The number of rotatable bonds is 2. The SMILES string of the molecule is [N].[N].c1ccc([Si]c2ccccc2)cc1. The normalized spacial score (nSPS) is 8.53. The van der Waals surface area contributed by atoms with Gasteiger partial charge in [0.2, 0.25) is 0 Å². The van der Waals surface area contributed by atoms with Crippen molar-refractivity contribution in [1.82, 2.24) is 12.3 Å². The summed E-state index contributed by atoms with van der Waals surface area (Å²) in [5.74, 6) is 0. The zero-order valence-electron chi connectivity index (χ0n) is 8.17. The maximum atomic E-state index is 2.17. The van der Waals surface area contributed by atoms with Crippen LogP contribution in [-0.4, -0.2) is 9.52 Å². The first-order chi connectivity index (χ1) is 6.45. The van der Waals surface area contributed by atoms with Crippen molar-refractivity contribution < 1.29 is 0 Å². The van der Waals surface area contributed by atoms with E-state index in [1.54, 1.807) is 0 Å². The lowest BCUT2D eigenvalue weighted by Gasteiger charge is -1.98. The van der Waals surface area contributed by atoms with Crippen LogP contribution in [0.3, 0.4) is 0 Å². The lowest BCUT2D eigenvalue weighted by Crippen LogP contribution is -2.26. The van der Waals surface area contributed by atoms with Crippen molar-refractivity contribution in [3.8, 4) is 0 Å². The van der Waals surface area contributed by atoms with Crippen LogP contribution >= 0.6 is 0 Å². The fourth-order valence-electron chi connectivity index (χ4n) is 1.21. The maximum absolute atomic E-state index is 2.17. The maximum Gasteiger partial charge on any atom is 0.121 e. The molecular formula is C12H10N2Si. The minimum Gasteiger partial charge on any atom is -0.0631 e. The summed E-state index contributed by atoms with van der Waals surface area (Å²) in [5, 5.41) is 2.79. The van der Waals surface area contributed by atoms with Crippen LogP contribution in [0, 0.1) is 0 Å². The molecular weight excluding hydrogens is 200 g/mol. The highest BCUT2D eigenvalue weighted by molar-refractivity contribution is 6.67. The lowest BCUT2D eigenvalue weighted by atomic mass is 10.4. The molecule has 0 saturated heterocycles. The standard InChI is InChI=1S/C12H10Si.2N/c1-3-7-11(8-4-1)13-12-9-5-2-6-10-12;;/h1-10H;;. The first-order valence-electron chi connectivity index (χ1n) is 4.32. The Morgan fingerprint density at radius 2 is 0.867 bits per heavy atom. The van der Waals surface area contributed by atoms with Gasteiger partial charge in [-0.3, -0.25) is 0 Å². The fraction of sp³-hybridized carbons (Fsp3) is 0. The average molecular weight is 210 g/mol. The summed E-state index contributed by atoms with van der Waals surface area (Å²) >= 11 is 0. The largest absolute Gasteiger partial charge is 0.121 e. The van der Waals surface area contributed by atoms with Gasteiger partial charge >= 0.3 is 0 Å². The molecule has 2 aromatic rings. The van der Waals surface area contributed by atoms with Crippen LogP contribution < -0.4 is 22.7 Å². The third-order valence-electron chi connectivity index (χ3n) is 1.84. The zero-order chi connectivity index (χ0) is 8.93. The molecule has 8 radical (unpaired) electrons. The van der Waals surface area contributed by atoms with E-state index in [-0.39, 0.29) is 12.3 Å². The minimum atomic E-state index is 0. The molecule has 0 atom stereocenters. The topological polar surface area (TPSA) is 61.0 Å². The minimum absolute atomic E-state index is 0. The molecule has 3 heteroatoms. The second kappa shape index (κ2) is 6.95. The molecule has 0 fully saturated rings. The molecule has 0 aromatic heterocycles. The van der Waals surface area contributed by atoms with Gasteiger partial charge in [0.25, 0.3) is 0 Å². The molecule has 2 rings (SSSR count). The van der Waals surface area contributed by atoms with E-state index in [1.807, 2.05) is 0 Å². The first kappa shape index (κ1) is 13.6. The van der Waals surface area contributed by atoms with E-state index in [0.717, 1.165) is 9.52 Å². The molecule has 0 aliphatic rings. The van der Waals surface area contributed by atoms with Crippen LogP contribution in [-0.2, 0) is 0 Å². The van der Waals surface area contributed by atoms with E-state index in [2.05, 4.69) is 60.7 Å². The number of hydrogen-bond acceptors (Lipinski definition) is 0. The van der Waals surface area contributed by atoms with Crippen LogP contribution in [0.15, 0.2) is 60.7 Å². The Balaban J connectivity index is 0.000000980. The van der Waals surface area contributed by atoms with E-state index in [9.17, 15) is 0 Å². The van der Waals surface area contributed by atoms with Crippen LogP contribution in [0.1, 0.15) is 0 Å². The van der Waals surface area contributed by atoms with Gasteiger partial charge in [0.15, 0.2) is 0 Å². The van der Waals surface area contributed by atoms with Gasteiger partial charge in [-0.2, -0.15) is 0 Å². The predicted octanol–water partition coefficient (Wildman–Crippen LogP) is 0.380. The summed E-state index contributed by atoms with van der Waals surface area (Å²) < 4.78 is 0. The van der Waals surface area contributed by atoms with Crippen molar-refractivity contribution in [2.24, 2.45) is 0 Å². The van der Waals surface area contributed by atoms with E-state index in [4.69, 9.17) is 0 Å². The van der Waals surface area contributed by atoms with Crippen molar-refractivity contribution in [3.63, 3.8) is 0 Å². The van der Waals surface area contributed by atoms with E-state index >= 15 is 0 Å². The summed E-state index contributed by atoms with van der Waals surface area (Å²) in [4.78, 5) is 0. The van der Waals surface area contributed by atoms with Gasteiger partial charge in [-0.25, -0.2) is 0 Å². The molecule has 0 bridgehead atoms. The summed E-state index contributed by atoms with van der Waals surface area (Å²) in [6, 6.07) is 21.2. The summed E-state index contributed by atoms with van der Waals surface area (Å²) in [7, 11) is 0.777. The Morgan fingerprint density at radius 3 is 1.20 bits per heavy atom. The van der Waals surface area contributed by atoms with Crippen molar-refractivity contribution in [2.75, 3.05) is 0 Å². The van der Waals surface area contributed by atoms with Crippen molar-refractivity contribution in [2.45, 2.75) is 0 Å². The number of nitrogens with zero attached hydrogens (tertiary/aromatic N) is 2. The molecule has 0 N–H and O–H groups in total. The Kier molecular flexibility index (Phi) is 6.29. The number of hydrogen-bond donors (Lipinski definition) is 0. The highest BCUT2D eigenvalue weighted by Crippen LogP contribution is 1.84. The van der Waals surface area contributed by atoms with Crippen molar-refractivity contribution >= 4 is 19.9 Å². The summed E-state index contributed by atoms with van der Waals surface area (Å²) in [5.41, 5.74) is 0. The van der Waals surface area contributed by atoms with Gasteiger partial charge in [0.1, 0.15) is 9.52 Å². The van der Waals surface area contributed by atoms with Crippen LogP contribution in [0.25, 0.3) is 0 Å². The third-order valence-corrected chi connectivity index (χ3v) is 3.08. The Morgan fingerprint density at radius 1 is 0.533 bits per heavy atom. The Hall–Kier alpha value is -1.42. The Labute approximate surface area is 93.3 Å². The molecule has 72 valence electrons. The predicted molar refractivity (Wildman–Crippen MR) is 62.2 cm³/mol. The van der Waals surface area contributed by atoms with Gasteiger partial charge in [0, 0.05) is 12.3 Å². The van der Waals surface area contributed by atoms with E-state index < -0.39 is 0 Å². The Bertz CT molecular complexity index is 324. The van der Waals surface area contributed by atoms with E-state index in [0.29, 0.717) is 0 Å². The summed E-state index contributed by atoms with van der Waals surface area (Å²) in [6.07, 6.45) is 0. The average Bonchev–Trinajstić information content (AvgIpc) is 2.21. The molecule has 15 heavy (non-hydrogen) atoms. The van der Waals surface area contributed by atoms with Gasteiger partial charge < -0.3 is 0 Å². The van der Waals surface area contributed by atoms with Gasteiger partial charge in [-0.1, -0.05) is 71.0 Å². The van der Waals surface area contributed by atoms with Crippen molar-refractivity contribution in [3.05, 3.63) is 60.7 Å². The molecule has 0 unspecified atom stereocenters. The zero-order valence-corrected chi connectivity index (χ0v) is 9.17. The molecule has 0 aliphatic heterocycles.